The monoisotopic (exact) mass is 365 g/mol. The van der Waals surface area contributed by atoms with Crippen molar-refractivity contribution >= 4 is 27.3 Å². The number of hydrogen-bond acceptors (Lipinski definition) is 2. The molecule has 114 valence electrons. The standard InChI is InChI=1S/C18H24BrNS/c1-14(2)11-20-12-16(8-7-15-9-10-21-13-15)17-5-3-4-6-18(17)19/h3-6,9-10,13-14,16,20H,7-8,11-12H2,1-2H3. The summed E-state index contributed by atoms with van der Waals surface area (Å²) in [5.41, 5.74) is 2.88. The lowest BCUT2D eigenvalue weighted by molar-refractivity contribution is 0.500. The quantitative estimate of drug-likeness (QED) is 0.653. The average Bonchev–Trinajstić information content (AvgIpc) is 2.96. The maximum Gasteiger partial charge on any atom is 0.0210 e. The molecule has 0 aliphatic carbocycles. The van der Waals surface area contributed by atoms with Gasteiger partial charge in [-0.25, -0.2) is 0 Å². The van der Waals surface area contributed by atoms with E-state index in [-0.39, 0.29) is 0 Å². The van der Waals surface area contributed by atoms with Crippen molar-refractivity contribution in [3.63, 3.8) is 0 Å². The fraction of sp³-hybridized carbons (Fsp3) is 0.444. The van der Waals surface area contributed by atoms with E-state index in [2.05, 4.69) is 76.2 Å². The van der Waals surface area contributed by atoms with E-state index in [4.69, 9.17) is 0 Å². The van der Waals surface area contributed by atoms with Crippen LogP contribution in [0.15, 0.2) is 45.6 Å². The van der Waals surface area contributed by atoms with Crippen molar-refractivity contribution in [3.8, 4) is 0 Å². The van der Waals surface area contributed by atoms with Gasteiger partial charge >= 0.3 is 0 Å². The van der Waals surface area contributed by atoms with Gasteiger partial charge in [0.25, 0.3) is 0 Å². The summed E-state index contributed by atoms with van der Waals surface area (Å²) in [6, 6.07) is 10.9. The first-order valence-corrected chi connectivity index (χ1v) is 9.36. The van der Waals surface area contributed by atoms with E-state index in [9.17, 15) is 0 Å². The van der Waals surface area contributed by atoms with Crippen molar-refractivity contribution in [2.75, 3.05) is 13.1 Å². The second-order valence-electron chi connectivity index (χ2n) is 5.94. The van der Waals surface area contributed by atoms with Gasteiger partial charge in [-0.05, 0) is 65.2 Å². The molecule has 2 aromatic rings. The van der Waals surface area contributed by atoms with Crippen molar-refractivity contribution in [1.29, 1.82) is 0 Å². The predicted molar refractivity (Wildman–Crippen MR) is 97.2 cm³/mol. The Kier molecular flexibility index (Phi) is 6.94. The molecule has 1 N–H and O–H groups in total. The maximum atomic E-state index is 3.71. The Hall–Kier alpha value is -0.640. The van der Waals surface area contributed by atoms with Crippen molar-refractivity contribution in [2.24, 2.45) is 5.92 Å². The summed E-state index contributed by atoms with van der Waals surface area (Å²) in [7, 11) is 0. The molecule has 0 bridgehead atoms. The van der Waals surface area contributed by atoms with Crippen LogP contribution in [-0.4, -0.2) is 13.1 Å². The van der Waals surface area contributed by atoms with Gasteiger partial charge in [-0.2, -0.15) is 11.3 Å². The van der Waals surface area contributed by atoms with Crippen LogP contribution in [0.5, 0.6) is 0 Å². The highest BCUT2D eigenvalue weighted by Crippen LogP contribution is 2.28. The number of hydrogen-bond donors (Lipinski definition) is 1. The predicted octanol–water partition coefficient (Wildman–Crippen LogP) is 5.47. The van der Waals surface area contributed by atoms with Crippen LogP contribution in [-0.2, 0) is 6.42 Å². The lowest BCUT2D eigenvalue weighted by Crippen LogP contribution is -2.26. The number of nitrogens with one attached hydrogen (secondary N) is 1. The molecule has 0 amide bonds. The highest BCUT2D eigenvalue weighted by molar-refractivity contribution is 9.10. The molecule has 2 rings (SSSR count). The van der Waals surface area contributed by atoms with Crippen LogP contribution in [0, 0.1) is 5.92 Å². The molecular formula is C18H24BrNS. The van der Waals surface area contributed by atoms with Crippen molar-refractivity contribution in [2.45, 2.75) is 32.6 Å². The SMILES string of the molecule is CC(C)CNCC(CCc1ccsc1)c1ccccc1Br. The molecule has 1 nitrogen and oxygen atoms in total. The average molecular weight is 366 g/mol. The van der Waals surface area contributed by atoms with Gasteiger partial charge in [0.2, 0.25) is 0 Å². The minimum absolute atomic E-state index is 0.555. The Bertz CT molecular complexity index is 522. The van der Waals surface area contributed by atoms with Crippen LogP contribution < -0.4 is 5.32 Å². The highest BCUT2D eigenvalue weighted by atomic mass is 79.9. The summed E-state index contributed by atoms with van der Waals surface area (Å²) in [6.07, 6.45) is 2.34. The first-order valence-electron chi connectivity index (χ1n) is 7.63. The summed E-state index contributed by atoms with van der Waals surface area (Å²) < 4.78 is 1.23. The minimum atomic E-state index is 0.555. The second kappa shape index (κ2) is 8.72. The largest absolute Gasteiger partial charge is 0.316 e. The third-order valence-corrected chi connectivity index (χ3v) is 5.10. The van der Waals surface area contributed by atoms with Crippen LogP contribution >= 0.6 is 27.3 Å². The molecule has 0 spiro atoms. The molecule has 0 fully saturated rings. The Labute approximate surface area is 140 Å². The maximum absolute atomic E-state index is 3.71. The smallest absolute Gasteiger partial charge is 0.0210 e. The molecular weight excluding hydrogens is 342 g/mol. The molecule has 1 heterocycles. The van der Waals surface area contributed by atoms with Crippen LogP contribution in [0.25, 0.3) is 0 Å². The van der Waals surface area contributed by atoms with Crippen LogP contribution in [0.4, 0.5) is 0 Å². The zero-order chi connectivity index (χ0) is 15.1. The van der Waals surface area contributed by atoms with Gasteiger partial charge in [0.1, 0.15) is 0 Å². The van der Waals surface area contributed by atoms with E-state index in [1.54, 1.807) is 11.3 Å². The first-order chi connectivity index (χ1) is 10.2. The number of aryl methyl sites for hydroxylation is 1. The van der Waals surface area contributed by atoms with Crippen molar-refractivity contribution in [1.82, 2.24) is 5.32 Å². The molecule has 3 heteroatoms. The molecule has 21 heavy (non-hydrogen) atoms. The Balaban J connectivity index is 2.01. The molecule has 1 aromatic carbocycles. The molecule has 1 atom stereocenters. The minimum Gasteiger partial charge on any atom is -0.316 e. The molecule has 0 radical (unpaired) electrons. The highest BCUT2D eigenvalue weighted by Gasteiger charge is 2.14. The van der Waals surface area contributed by atoms with Gasteiger partial charge in [-0.3, -0.25) is 0 Å². The third kappa shape index (κ3) is 5.57. The summed E-state index contributed by atoms with van der Waals surface area (Å²) in [5.74, 6) is 1.25. The molecule has 0 aliphatic rings. The van der Waals surface area contributed by atoms with Gasteiger partial charge in [-0.1, -0.05) is 48.0 Å². The Morgan fingerprint density at radius 2 is 1.95 bits per heavy atom. The van der Waals surface area contributed by atoms with E-state index >= 15 is 0 Å². The molecule has 1 aromatic heterocycles. The Morgan fingerprint density at radius 3 is 2.62 bits per heavy atom. The molecule has 0 aliphatic heterocycles. The molecule has 1 unspecified atom stereocenters. The lowest BCUT2D eigenvalue weighted by Gasteiger charge is -2.20. The van der Waals surface area contributed by atoms with Crippen LogP contribution in [0.1, 0.15) is 37.3 Å². The van der Waals surface area contributed by atoms with Gasteiger partial charge < -0.3 is 5.32 Å². The lowest BCUT2D eigenvalue weighted by atomic mass is 9.92. The van der Waals surface area contributed by atoms with E-state index < -0.39 is 0 Å². The molecule has 0 saturated heterocycles. The summed E-state index contributed by atoms with van der Waals surface area (Å²) in [4.78, 5) is 0. The number of benzene rings is 1. The van der Waals surface area contributed by atoms with E-state index in [1.165, 1.54) is 22.0 Å². The fourth-order valence-corrected chi connectivity index (χ4v) is 3.81. The second-order valence-corrected chi connectivity index (χ2v) is 7.58. The fourth-order valence-electron chi connectivity index (χ4n) is 2.50. The van der Waals surface area contributed by atoms with Gasteiger partial charge in [-0.15, -0.1) is 0 Å². The Morgan fingerprint density at radius 1 is 1.14 bits per heavy atom. The zero-order valence-corrected chi connectivity index (χ0v) is 15.2. The zero-order valence-electron chi connectivity index (χ0n) is 12.8. The van der Waals surface area contributed by atoms with Gasteiger partial charge in [0, 0.05) is 11.0 Å². The van der Waals surface area contributed by atoms with E-state index in [1.807, 2.05) is 0 Å². The van der Waals surface area contributed by atoms with Crippen molar-refractivity contribution < 1.29 is 0 Å². The van der Waals surface area contributed by atoms with E-state index in [0.717, 1.165) is 19.5 Å². The third-order valence-electron chi connectivity index (χ3n) is 3.65. The van der Waals surface area contributed by atoms with Gasteiger partial charge in [0.05, 0.1) is 0 Å². The summed E-state index contributed by atoms with van der Waals surface area (Å²) in [6.45, 7) is 6.64. The van der Waals surface area contributed by atoms with Crippen LogP contribution in [0.2, 0.25) is 0 Å². The first kappa shape index (κ1) is 16.7. The van der Waals surface area contributed by atoms with Gasteiger partial charge in [0.15, 0.2) is 0 Å². The van der Waals surface area contributed by atoms with E-state index in [0.29, 0.717) is 11.8 Å². The number of thiophene rings is 1. The molecule has 0 saturated carbocycles. The number of rotatable bonds is 8. The summed E-state index contributed by atoms with van der Waals surface area (Å²) in [5, 5.41) is 8.05. The summed E-state index contributed by atoms with van der Waals surface area (Å²) >= 11 is 5.50. The number of halogens is 1. The van der Waals surface area contributed by atoms with Crippen LogP contribution in [0.3, 0.4) is 0 Å². The normalized spacial score (nSPS) is 12.8. The van der Waals surface area contributed by atoms with Crippen molar-refractivity contribution in [3.05, 3.63) is 56.7 Å². The topological polar surface area (TPSA) is 12.0 Å².